The molecule has 9 nitrogen and oxygen atoms in total. The summed E-state index contributed by atoms with van der Waals surface area (Å²) in [6, 6.07) is 13.0. The maximum Gasteiger partial charge on any atom is 0.305 e. The summed E-state index contributed by atoms with van der Waals surface area (Å²) in [5.41, 5.74) is 3.63. The normalized spacial score (nSPS) is 17.3. The fourth-order valence-electron chi connectivity index (χ4n) is 4.74. The summed E-state index contributed by atoms with van der Waals surface area (Å²) in [7, 11) is 0. The van der Waals surface area contributed by atoms with E-state index in [9.17, 15) is 14.9 Å². The van der Waals surface area contributed by atoms with Gasteiger partial charge in [-0.15, -0.1) is 0 Å². The molecular weight excluding hydrogens is 472 g/mol. The lowest BCUT2D eigenvalue weighted by Crippen LogP contribution is -2.27. The molecule has 3 aromatic rings. The van der Waals surface area contributed by atoms with Crippen LogP contribution in [0, 0.1) is 18.3 Å². The number of aromatic nitrogens is 2. The van der Waals surface area contributed by atoms with Crippen LogP contribution in [0.3, 0.4) is 0 Å². The third kappa shape index (κ3) is 4.83. The summed E-state index contributed by atoms with van der Waals surface area (Å²) < 4.78 is 16.2. The molecule has 2 heterocycles. The summed E-state index contributed by atoms with van der Waals surface area (Å²) in [5, 5.41) is 16.3. The number of nitrogens with one attached hydrogen (secondary N) is 1. The molecule has 1 aromatic heterocycles. The maximum absolute atomic E-state index is 13.4. The van der Waals surface area contributed by atoms with E-state index >= 15 is 0 Å². The summed E-state index contributed by atoms with van der Waals surface area (Å²) in [4.78, 5) is 29.4. The molecule has 5 rings (SSSR count). The number of hydrogen-bond donors (Lipinski definition) is 1. The Hall–Kier alpha value is -4.45. The SMILES string of the molecule is CCOC(=O)CCCc1ccc(C#N)cc1NC(=O)C1=C[C@]12CCOc1ccc(-c3nc(C)no3)cc12. The van der Waals surface area contributed by atoms with Gasteiger partial charge in [-0.3, -0.25) is 9.59 Å². The molecule has 0 saturated heterocycles. The van der Waals surface area contributed by atoms with Crippen molar-refractivity contribution in [2.24, 2.45) is 0 Å². The van der Waals surface area contributed by atoms with Crippen LogP contribution in [0.1, 0.15) is 48.7 Å². The lowest BCUT2D eigenvalue weighted by Gasteiger charge is -2.28. The summed E-state index contributed by atoms with van der Waals surface area (Å²) >= 11 is 0. The maximum atomic E-state index is 13.4. The minimum Gasteiger partial charge on any atom is -0.493 e. The predicted octanol–water partition coefficient (Wildman–Crippen LogP) is 4.40. The number of allylic oxidation sites excluding steroid dienone is 1. The Labute approximate surface area is 214 Å². The molecule has 2 aromatic carbocycles. The number of nitrogens with zero attached hydrogens (tertiary/aromatic N) is 3. The van der Waals surface area contributed by atoms with Crippen molar-refractivity contribution in [3.05, 3.63) is 70.6 Å². The van der Waals surface area contributed by atoms with Crippen molar-refractivity contribution < 1.29 is 23.6 Å². The average molecular weight is 499 g/mol. The van der Waals surface area contributed by atoms with Crippen molar-refractivity contribution >= 4 is 17.6 Å². The zero-order valence-corrected chi connectivity index (χ0v) is 20.7. The summed E-state index contributed by atoms with van der Waals surface area (Å²) in [6.07, 6.45) is 4.02. The number of esters is 1. The highest BCUT2D eigenvalue weighted by Gasteiger charge is 2.52. The van der Waals surface area contributed by atoms with Crippen LogP contribution in [0.15, 0.2) is 52.6 Å². The number of carbonyl (C=O) groups is 2. The Balaban J connectivity index is 1.35. The zero-order chi connectivity index (χ0) is 26.0. The van der Waals surface area contributed by atoms with E-state index in [0.29, 0.717) is 61.0 Å². The Kier molecular flexibility index (Phi) is 6.49. The monoisotopic (exact) mass is 498 g/mol. The minimum atomic E-state index is -0.528. The molecule has 1 atom stereocenters. The fourth-order valence-corrected chi connectivity index (χ4v) is 4.74. The molecule has 0 fully saturated rings. The lowest BCUT2D eigenvalue weighted by atomic mass is 9.83. The third-order valence-electron chi connectivity index (χ3n) is 6.64. The number of fused-ring (bicyclic) bond motifs is 2. The van der Waals surface area contributed by atoms with Crippen molar-refractivity contribution in [1.82, 2.24) is 10.1 Å². The van der Waals surface area contributed by atoms with Gasteiger partial charge in [0.15, 0.2) is 5.82 Å². The van der Waals surface area contributed by atoms with E-state index < -0.39 is 5.41 Å². The number of aryl methyl sites for hydroxylation is 2. The van der Waals surface area contributed by atoms with E-state index in [4.69, 9.17) is 14.0 Å². The van der Waals surface area contributed by atoms with Crippen LogP contribution in [0.5, 0.6) is 5.75 Å². The predicted molar refractivity (Wildman–Crippen MR) is 134 cm³/mol. The van der Waals surface area contributed by atoms with E-state index in [-0.39, 0.29) is 18.3 Å². The molecular formula is C28H26N4O5. The van der Waals surface area contributed by atoms with Gasteiger partial charge >= 0.3 is 5.97 Å². The summed E-state index contributed by atoms with van der Waals surface area (Å²) in [5.74, 6) is 1.19. The highest BCUT2D eigenvalue weighted by atomic mass is 16.5. The number of rotatable bonds is 8. The Bertz CT molecular complexity index is 1450. The molecule has 0 radical (unpaired) electrons. The van der Waals surface area contributed by atoms with Crippen molar-refractivity contribution in [3.8, 4) is 23.3 Å². The lowest BCUT2D eigenvalue weighted by molar-refractivity contribution is -0.143. The number of carbonyl (C=O) groups excluding carboxylic acids is 2. The fraction of sp³-hybridized carbons (Fsp3) is 0.321. The third-order valence-corrected chi connectivity index (χ3v) is 6.64. The topological polar surface area (TPSA) is 127 Å². The van der Waals surface area contributed by atoms with Gasteiger partial charge < -0.3 is 19.3 Å². The quantitative estimate of drug-likeness (QED) is 0.453. The first-order chi connectivity index (χ1) is 17.9. The first-order valence-corrected chi connectivity index (χ1v) is 12.2. The van der Waals surface area contributed by atoms with Crippen molar-refractivity contribution in [2.45, 2.75) is 44.9 Å². The van der Waals surface area contributed by atoms with Crippen LogP contribution < -0.4 is 10.1 Å². The largest absolute Gasteiger partial charge is 0.493 e. The van der Waals surface area contributed by atoms with Gasteiger partial charge in [-0.05, 0) is 69.0 Å². The summed E-state index contributed by atoms with van der Waals surface area (Å²) in [6.45, 7) is 4.36. The van der Waals surface area contributed by atoms with Gasteiger partial charge in [-0.1, -0.05) is 17.3 Å². The van der Waals surface area contributed by atoms with Gasteiger partial charge in [-0.25, -0.2) is 0 Å². The zero-order valence-electron chi connectivity index (χ0n) is 20.7. The highest BCUT2D eigenvalue weighted by Crippen LogP contribution is 2.55. The van der Waals surface area contributed by atoms with E-state index in [1.165, 1.54) is 0 Å². The van der Waals surface area contributed by atoms with Crippen molar-refractivity contribution in [2.75, 3.05) is 18.5 Å². The van der Waals surface area contributed by atoms with E-state index in [0.717, 1.165) is 22.4 Å². The molecule has 1 aliphatic carbocycles. The van der Waals surface area contributed by atoms with Gasteiger partial charge in [-0.2, -0.15) is 10.2 Å². The van der Waals surface area contributed by atoms with Gasteiger partial charge in [0.2, 0.25) is 0 Å². The second kappa shape index (κ2) is 9.90. The first-order valence-electron chi connectivity index (χ1n) is 12.2. The molecule has 0 saturated carbocycles. The van der Waals surface area contributed by atoms with Gasteiger partial charge in [0.05, 0.1) is 30.3 Å². The molecule has 0 unspecified atom stereocenters. The minimum absolute atomic E-state index is 0.228. The molecule has 1 amide bonds. The van der Waals surface area contributed by atoms with Gasteiger partial charge in [0, 0.05) is 28.8 Å². The highest BCUT2D eigenvalue weighted by molar-refractivity contribution is 6.11. The van der Waals surface area contributed by atoms with Gasteiger partial charge in [0.1, 0.15) is 5.75 Å². The number of ether oxygens (including phenoxy) is 2. The molecule has 37 heavy (non-hydrogen) atoms. The Morgan fingerprint density at radius 3 is 2.86 bits per heavy atom. The van der Waals surface area contributed by atoms with Crippen LogP contribution in [0.2, 0.25) is 0 Å². The molecule has 188 valence electrons. The average Bonchev–Trinajstić information content (AvgIpc) is 3.45. The standard InChI is InChI=1S/C28H26N4O5/c1-3-35-25(33)6-4-5-19-8-7-18(16-29)13-23(19)31-26(34)22-15-28(22)11-12-36-24-10-9-20(14-21(24)28)27-30-17(2)32-37-27/h7-10,13-15H,3-6,11-12H2,1-2H3,(H,31,34)/t28-/m0/s1. The van der Waals surface area contributed by atoms with Crippen molar-refractivity contribution in [1.29, 1.82) is 5.26 Å². The van der Waals surface area contributed by atoms with Crippen LogP contribution in [0.25, 0.3) is 11.5 Å². The molecule has 1 aliphatic heterocycles. The Morgan fingerprint density at radius 2 is 2.11 bits per heavy atom. The smallest absolute Gasteiger partial charge is 0.305 e. The second-order valence-electron chi connectivity index (χ2n) is 9.08. The molecule has 1 N–H and O–H groups in total. The molecule has 0 bridgehead atoms. The number of benzene rings is 2. The molecule has 1 spiro atoms. The van der Waals surface area contributed by atoms with E-state index in [2.05, 4.69) is 21.5 Å². The van der Waals surface area contributed by atoms with Crippen molar-refractivity contribution in [3.63, 3.8) is 0 Å². The Morgan fingerprint density at radius 1 is 1.24 bits per heavy atom. The van der Waals surface area contributed by atoms with Crippen LogP contribution in [0.4, 0.5) is 5.69 Å². The molecule has 9 heteroatoms. The number of hydrogen-bond acceptors (Lipinski definition) is 8. The van der Waals surface area contributed by atoms with Crippen LogP contribution in [-0.4, -0.2) is 35.2 Å². The first kappa shape index (κ1) is 24.3. The number of anilines is 1. The van der Waals surface area contributed by atoms with Crippen LogP contribution in [-0.2, 0) is 26.2 Å². The number of amides is 1. The van der Waals surface area contributed by atoms with Crippen LogP contribution >= 0.6 is 0 Å². The van der Waals surface area contributed by atoms with Gasteiger partial charge in [0.25, 0.3) is 11.8 Å². The number of nitriles is 1. The van der Waals surface area contributed by atoms with E-state index in [1.807, 2.05) is 30.3 Å². The van der Waals surface area contributed by atoms with E-state index in [1.54, 1.807) is 26.0 Å². The second-order valence-corrected chi connectivity index (χ2v) is 9.08. The molecule has 2 aliphatic rings.